The summed E-state index contributed by atoms with van der Waals surface area (Å²) in [6.07, 6.45) is -2.69. The third-order valence-electron chi connectivity index (χ3n) is 8.20. The molecule has 34 heavy (non-hydrogen) atoms. The van der Waals surface area contributed by atoms with Gasteiger partial charge in [0.25, 0.3) is 0 Å². The predicted molar refractivity (Wildman–Crippen MR) is 121 cm³/mol. The molecule has 0 aromatic heterocycles. The topological polar surface area (TPSA) is 108 Å². The Morgan fingerprint density at radius 1 is 0.941 bits per heavy atom. The van der Waals surface area contributed by atoms with E-state index in [-0.39, 0.29) is 5.92 Å². The number of benzene rings is 1. The molecule has 1 aromatic rings. The molecule has 1 N–H and O–H groups in total. The van der Waals surface area contributed by atoms with E-state index in [0.29, 0.717) is 18.4 Å². The van der Waals surface area contributed by atoms with Crippen molar-refractivity contribution in [3.05, 3.63) is 35.9 Å². The van der Waals surface area contributed by atoms with Gasteiger partial charge in [-0.05, 0) is 51.7 Å². The molecule has 4 rings (SSSR count). The van der Waals surface area contributed by atoms with Crippen molar-refractivity contribution in [2.24, 2.45) is 17.3 Å². The first-order chi connectivity index (χ1) is 15.9. The van der Waals surface area contributed by atoms with Gasteiger partial charge in [0, 0.05) is 13.8 Å². The van der Waals surface area contributed by atoms with Crippen LogP contribution in [0.4, 0.5) is 0 Å². The average Bonchev–Trinajstić information content (AvgIpc) is 2.96. The van der Waals surface area contributed by atoms with Crippen molar-refractivity contribution in [1.82, 2.24) is 0 Å². The second-order valence-electron chi connectivity index (χ2n) is 10.6. The summed E-state index contributed by atoms with van der Waals surface area (Å²) in [5, 5.41) is 11.7. The smallest absolute Gasteiger partial charge is 0.338 e. The minimum absolute atomic E-state index is 0.136. The number of aliphatic hydroxyl groups is 1. The zero-order valence-electron chi connectivity index (χ0n) is 20.6. The standard InChI is InChI=1S/C26H34O8/c1-14-12-13-18(31-15(2)27)25(6)22(33-23(30)17-10-8-7-9-11-17)20(29)19-21(32-16(3)28)26(14,25)34-24(19,4)5/h7-11,14,18-22,29H,12-13H2,1-6H3/t14-,18+,19-,20-,21-,22-,25+,26-/m1/s1. The van der Waals surface area contributed by atoms with Crippen LogP contribution in [0, 0.1) is 17.3 Å². The summed E-state index contributed by atoms with van der Waals surface area (Å²) in [7, 11) is 0. The number of hydrogen-bond acceptors (Lipinski definition) is 8. The monoisotopic (exact) mass is 474 g/mol. The van der Waals surface area contributed by atoms with Gasteiger partial charge in [-0.2, -0.15) is 0 Å². The van der Waals surface area contributed by atoms with Crippen LogP contribution < -0.4 is 0 Å². The normalized spacial score (nSPS) is 40.1. The van der Waals surface area contributed by atoms with Gasteiger partial charge in [-0.15, -0.1) is 0 Å². The Morgan fingerprint density at radius 2 is 1.56 bits per heavy atom. The van der Waals surface area contributed by atoms with Crippen molar-refractivity contribution in [3.63, 3.8) is 0 Å². The molecule has 2 saturated carbocycles. The van der Waals surface area contributed by atoms with Crippen molar-refractivity contribution in [3.8, 4) is 0 Å². The SMILES string of the molecule is CC(=O)O[C@H]1CC[C@@H](C)[C@]23OC(C)(C)[C@H]([C@@H](O)[C@@H](OC(=O)c4ccccc4)[C@]12C)[C@H]3OC(C)=O. The Bertz CT molecular complexity index is 974. The van der Waals surface area contributed by atoms with E-state index in [1.54, 1.807) is 30.3 Å². The molecule has 8 nitrogen and oxygen atoms in total. The molecule has 0 radical (unpaired) electrons. The fourth-order valence-electron chi connectivity index (χ4n) is 6.90. The largest absolute Gasteiger partial charge is 0.462 e. The second-order valence-corrected chi connectivity index (χ2v) is 10.6. The zero-order valence-corrected chi connectivity index (χ0v) is 20.6. The van der Waals surface area contributed by atoms with E-state index in [2.05, 4.69) is 0 Å². The van der Waals surface area contributed by atoms with Crippen molar-refractivity contribution >= 4 is 17.9 Å². The van der Waals surface area contributed by atoms with Crippen LogP contribution in [0.5, 0.6) is 0 Å². The summed E-state index contributed by atoms with van der Waals surface area (Å²) in [5.41, 5.74) is -2.90. The van der Waals surface area contributed by atoms with Gasteiger partial charge in [0.05, 0.1) is 22.5 Å². The van der Waals surface area contributed by atoms with Gasteiger partial charge in [-0.25, -0.2) is 4.79 Å². The molecule has 1 spiro atoms. The molecule has 1 aliphatic heterocycles. The summed E-state index contributed by atoms with van der Waals surface area (Å²) in [6, 6.07) is 8.53. The summed E-state index contributed by atoms with van der Waals surface area (Å²) in [5.74, 6) is -2.36. The van der Waals surface area contributed by atoms with Crippen LogP contribution in [0.15, 0.2) is 30.3 Å². The van der Waals surface area contributed by atoms with Crippen LogP contribution >= 0.6 is 0 Å². The minimum Gasteiger partial charge on any atom is -0.462 e. The van der Waals surface area contributed by atoms with E-state index in [4.69, 9.17) is 18.9 Å². The van der Waals surface area contributed by atoms with Gasteiger partial charge in [-0.3, -0.25) is 9.59 Å². The third-order valence-corrected chi connectivity index (χ3v) is 8.20. The maximum absolute atomic E-state index is 13.2. The van der Waals surface area contributed by atoms with E-state index in [9.17, 15) is 19.5 Å². The summed E-state index contributed by atoms with van der Waals surface area (Å²) < 4.78 is 24.5. The molecule has 3 aliphatic rings. The highest BCUT2D eigenvalue weighted by Crippen LogP contribution is 2.67. The number of ether oxygens (including phenoxy) is 4. The van der Waals surface area contributed by atoms with Crippen LogP contribution in [0.25, 0.3) is 0 Å². The molecule has 1 heterocycles. The van der Waals surface area contributed by atoms with Crippen LogP contribution in [0.2, 0.25) is 0 Å². The van der Waals surface area contributed by atoms with Crippen molar-refractivity contribution in [2.45, 2.75) is 90.0 Å². The average molecular weight is 475 g/mol. The molecule has 2 aliphatic carbocycles. The summed E-state index contributed by atoms with van der Waals surface area (Å²) in [4.78, 5) is 37.5. The number of fused-ring (bicyclic) bond motifs is 1. The molecule has 1 aromatic carbocycles. The van der Waals surface area contributed by atoms with Crippen molar-refractivity contribution in [1.29, 1.82) is 0 Å². The predicted octanol–water partition coefficient (Wildman–Crippen LogP) is 3.05. The van der Waals surface area contributed by atoms with Gasteiger partial charge < -0.3 is 24.1 Å². The molecule has 0 amide bonds. The van der Waals surface area contributed by atoms with E-state index in [1.165, 1.54) is 13.8 Å². The highest BCUT2D eigenvalue weighted by atomic mass is 16.6. The Morgan fingerprint density at radius 3 is 2.15 bits per heavy atom. The van der Waals surface area contributed by atoms with Crippen molar-refractivity contribution in [2.75, 3.05) is 0 Å². The fraction of sp³-hybridized carbons (Fsp3) is 0.654. The highest BCUT2D eigenvalue weighted by molar-refractivity contribution is 5.89. The first-order valence-electron chi connectivity index (χ1n) is 11.8. The number of esters is 3. The number of rotatable bonds is 4. The number of carbonyl (C=O) groups excluding carboxylic acids is 3. The minimum atomic E-state index is -1.23. The quantitative estimate of drug-likeness (QED) is 0.524. The highest BCUT2D eigenvalue weighted by Gasteiger charge is 2.81. The number of hydrogen-bond donors (Lipinski definition) is 1. The van der Waals surface area contributed by atoms with Crippen LogP contribution in [0.3, 0.4) is 0 Å². The zero-order chi connectivity index (χ0) is 25.1. The van der Waals surface area contributed by atoms with Gasteiger partial charge >= 0.3 is 17.9 Å². The molecule has 0 unspecified atom stereocenters. The maximum Gasteiger partial charge on any atom is 0.338 e. The van der Waals surface area contributed by atoms with Crippen LogP contribution in [-0.4, -0.2) is 58.6 Å². The van der Waals surface area contributed by atoms with Gasteiger partial charge in [-0.1, -0.05) is 25.1 Å². The third kappa shape index (κ3) is 3.45. The molecule has 8 heteroatoms. The van der Waals surface area contributed by atoms with Crippen LogP contribution in [-0.2, 0) is 28.5 Å². The van der Waals surface area contributed by atoms with Gasteiger partial charge in [0.15, 0.2) is 0 Å². The molecule has 2 bridgehead atoms. The number of carbonyl (C=O) groups is 3. The fourth-order valence-corrected chi connectivity index (χ4v) is 6.90. The first kappa shape index (κ1) is 24.7. The maximum atomic E-state index is 13.2. The van der Waals surface area contributed by atoms with Gasteiger partial charge in [0.1, 0.15) is 30.0 Å². The van der Waals surface area contributed by atoms with Gasteiger partial charge in [0.2, 0.25) is 0 Å². The molecule has 8 atom stereocenters. The van der Waals surface area contributed by atoms with Crippen LogP contribution in [0.1, 0.15) is 64.7 Å². The van der Waals surface area contributed by atoms with E-state index in [0.717, 1.165) is 0 Å². The lowest BCUT2D eigenvalue weighted by atomic mass is 9.48. The second kappa shape index (κ2) is 8.34. The lowest BCUT2D eigenvalue weighted by Crippen LogP contribution is -2.76. The Kier molecular flexibility index (Phi) is 6.05. The summed E-state index contributed by atoms with van der Waals surface area (Å²) >= 11 is 0. The van der Waals surface area contributed by atoms with Crippen molar-refractivity contribution < 1.29 is 38.4 Å². The molecule has 186 valence electrons. The lowest BCUT2D eigenvalue weighted by molar-refractivity contribution is -0.298. The molecule has 1 saturated heterocycles. The van der Waals surface area contributed by atoms with E-state index in [1.807, 2.05) is 27.7 Å². The molecule has 3 fully saturated rings. The Hall–Kier alpha value is -2.45. The molecular formula is C26H34O8. The lowest BCUT2D eigenvalue weighted by Gasteiger charge is -2.62. The Balaban J connectivity index is 1.89. The van der Waals surface area contributed by atoms with E-state index < -0.39 is 64.9 Å². The first-order valence-corrected chi connectivity index (χ1v) is 11.8. The van der Waals surface area contributed by atoms with E-state index >= 15 is 0 Å². The summed E-state index contributed by atoms with van der Waals surface area (Å²) in [6.45, 7) is 10.2. The number of aliphatic hydroxyl groups excluding tert-OH is 1. The Labute approximate surface area is 199 Å². The molecular weight excluding hydrogens is 440 g/mol.